The predicted molar refractivity (Wildman–Crippen MR) is 138 cm³/mol. The third-order valence-electron chi connectivity index (χ3n) is 10.6. The molecule has 2 bridgehead atoms. The van der Waals surface area contributed by atoms with Gasteiger partial charge in [-0.2, -0.15) is 0 Å². The Morgan fingerprint density at radius 1 is 1.05 bits per heavy atom. The molecule has 1 aliphatic carbocycles. The molecule has 2 N–H and O–H groups in total. The SMILES string of the molecule is C=C1CC[C@@H](CC[C@@H]2CC[C@]3(OC2)O[C@@]2(O)CC[C@]3(C)OC2(C)C)C(C)(C)[C@H]1C/C=C1\C(=O)CO[C@H]1O. The van der Waals surface area contributed by atoms with E-state index in [1.165, 1.54) is 5.57 Å². The van der Waals surface area contributed by atoms with Crippen molar-refractivity contribution >= 4 is 5.78 Å². The molecule has 6 fully saturated rings. The van der Waals surface area contributed by atoms with Crippen molar-refractivity contribution in [2.75, 3.05) is 13.2 Å². The van der Waals surface area contributed by atoms with E-state index in [0.717, 1.165) is 44.9 Å². The summed E-state index contributed by atoms with van der Waals surface area (Å²) in [6.07, 6.45) is 8.81. The van der Waals surface area contributed by atoms with Crippen LogP contribution in [0.4, 0.5) is 0 Å². The lowest BCUT2D eigenvalue weighted by Gasteiger charge is -2.66. The first-order chi connectivity index (χ1) is 17.2. The molecule has 1 saturated carbocycles. The van der Waals surface area contributed by atoms with E-state index in [2.05, 4.69) is 27.4 Å². The molecule has 0 aromatic heterocycles. The van der Waals surface area contributed by atoms with E-state index >= 15 is 0 Å². The molecule has 5 saturated heterocycles. The predicted octanol–water partition coefficient (Wildman–Crippen LogP) is 4.80. The van der Waals surface area contributed by atoms with E-state index in [9.17, 15) is 15.0 Å². The van der Waals surface area contributed by atoms with E-state index in [0.29, 0.717) is 36.9 Å². The summed E-state index contributed by atoms with van der Waals surface area (Å²) in [4.78, 5) is 12.0. The molecule has 0 aromatic carbocycles. The maximum atomic E-state index is 12.0. The van der Waals surface area contributed by atoms with Gasteiger partial charge in [-0.3, -0.25) is 4.79 Å². The number of aliphatic hydroxyl groups is 2. The fourth-order valence-corrected chi connectivity index (χ4v) is 7.82. The number of ketones is 1. The Labute approximate surface area is 221 Å². The zero-order chi connectivity index (χ0) is 26.9. The van der Waals surface area contributed by atoms with Crippen LogP contribution in [0.5, 0.6) is 0 Å². The van der Waals surface area contributed by atoms with E-state index in [-0.39, 0.29) is 23.7 Å². The summed E-state index contributed by atoms with van der Waals surface area (Å²) in [6, 6.07) is 0. The second-order valence-corrected chi connectivity index (χ2v) is 13.5. The Bertz CT molecular complexity index is 959. The molecule has 208 valence electrons. The molecule has 0 radical (unpaired) electrons. The van der Waals surface area contributed by atoms with Gasteiger partial charge in [0.2, 0.25) is 5.79 Å². The summed E-state index contributed by atoms with van der Waals surface area (Å²) < 4.78 is 24.3. The minimum absolute atomic E-state index is 0.0389. The molecule has 7 heteroatoms. The minimum Gasteiger partial charge on any atom is -0.364 e. The summed E-state index contributed by atoms with van der Waals surface area (Å²) in [6.45, 7) is 15.5. The van der Waals surface area contributed by atoms with Gasteiger partial charge in [-0.1, -0.05) is 32.1 Å². The van der Waals surface area contributed by atoms with Crippen LogP contribution in [-0.4, -0.2) is 58.3 Å². The van der Waals surface area contributed by atoms with Crippen LogP contribution in [0.3, 0.4) is 0 Å². The normalized spacial score (nSPS) is 46.2. The van der Waals surface area contributed by atoms with Crippen molar-refractivity contribution < 1.29 is 34.0 Å². The van der Waals surface area contributed by atoms with Gasteiger partial charge in [0.05, 0.1) is 6.61 Å². The molecule has 0 amide bonds. The lowest BCUT2D eigenvalue weighted by molar-refractivity contribution is -0.522. The number of hydrogen-bond donors (Lipinski definition) is 2. The highest BCUT2D eigenvalue weighted by Gasteiger charge is 2.71. The number of ether oxygens (including phenoxy) is 4. The van der Waals surface area contributed by atoms with Crippen LogP contribution in [0.1, 0.15) is 92.4 Å². The highest BCUT2D eigenvalue weighted by Crippen LogP contribution is 2.59. The van der Waals surface area contributed by atoms with Gasteiger partial charge >= 0.3 is 0 Å². The summed E-state index contributed by atoms with van der Waals surface area (Å²) in [5.41, 5.74) is 0.353. The average molecular weight is 519 g/mol. The van der Waals surface area contributed by atoms with Crippen molar-refractivity contribution in [2.24, 2.45) is 23.2 Å². The Hall–Kier alpha value is -1.09. The number of hydrogen-bond acceptors (Lipinski definition) is 7. The first-order valence-corrected chi connectivity index (χ1v) is 14.2. The Morgan fingerprint density at radius 3 is 2.43 bits per heavy atom. The van der Waals surface area contributed by atoms with Crippen LogP contribution in [0.15, 0.2) is 23.8 Å². The van der Waals surface area contributed by atoms with E-state index in [1.807, 2.05) is 19.9 Å². The molecule has 7 atom stereocenters. The van der Waals surface area contributed by atoms with Crippen LogP contribution in [0, 0.1) is 23.2 Å². The Balaban J connectivity index is 1.19. The van der Waals surface area contributed by atoms with E-state index < -0.39 is 29.1 Å². The van der Waals surface area contributed by atoms with Gasteiger partial charge in [0.1, 0.15) is 17.8 Å². The van der Waals surface area contributed by atoms with Gasteiger partial charge in [-0.15, -0.1) is 0 Å². The zero-order valence-electron chi connectivity index (χ0n) is 23.3. The minimum atomic E-state index is -1.32. The molecular formula is C30H46O7. The molecule has 5 aliphatic heterocycles. The summed E-state index contributed by atoms with van der Waals surface area (Å²) in [5.74, 6) is -1.06. The van der Waals surface area contributed by atoms with Crippen LogP contribution in [0.25, 0.3) is 0 Å². The van der Waals surface area contributed by atoms with Crippen LogP contribution < -0.4 is 0 Å². The number of aliphatic hydroxyl groups excluding tert-OH is 1. The monoisotopic (exact) mass is 518 g/mol. The fourth-order valence-electron chi connectivity index (χ4n) is 7.82. The lowest BCUT2D eigenvalue weighted by Crippen LogP contribution is -2.78. The summed E-state index contributed by atoms with van der Waals surface area (Å²) in [5, 5.41) is 21.2. The topological polar surface area (TPSA) is 94.5 Å². The number of Topliss-reactive ketones (excluding diaryl/α,β-unsaturated/α-hetero) is 1. The molecule has 37 heavy (non-hydrogen) atoms. The van der Waals surface area contributed by atoms with Crippen molar-refractivity contribution in [1.29, 1.82) is 0 Å². The van der Waals surface area contributed by atoms with Gasteiger partial charge in [0, 0.05) is 18.4 Å². The number of rotatable bonds is 5. The van der Waals surface area contributed by atoms with Gasteiger partial charge in [0.25, 0.3) is 0 Å². The van der Waals surface area contributed by atoms with Crippen LogP contribution in [0.2, 0.25) is 0 Å². The smallest absolute Gasteiger partial charge is 0.200 e. The van der Waals surface area contributed by atoms with Crippen LogP contribution >= 0.6 is 0 Å². The zero-order valence-corrected chi connectivity index (χ0v) is 23.3. The highest BCUT2D eigenvalue weighted by molar-refractivity contribution is 5.98. The van der Waals surface area contributed by atoms with Crippen LogP contribution in [-0.2, 0) is 23.7 Å². The van der Waals surface area contributed by atoms with E-state index in [4.69, 9.17) is 18.9 Å². The lowest BCUT2D eigenvalue weighted by atomic mass is 9.58. The number of allylic oxidation sites excluding steroid dienone is 2. The Morgan fingerprint density at radius 2 is 1.81 bits per heavy atom. The maximum Gasteiger partial charge on any atom is 0.200 e. The average Bonchev–Trinajstić information content (AvgIpc) is 3.13. The molecule has 5 heterocycles. The van der Waals surface area contributed by atoms with Gasteiger partial charge in [0.15, 0.2) is 17.9 Å². The molecule has 0 unspecified atom stereocenters. The van der Waals surface area contributed by atoms with Gasteiger partial charge < -0.3 is 29.2 Å². The highest BCUT2D eigenvalue weighted by atomic mass is 16.8. The quantitative estimate of drug-likeness (QED) is 0.399. The Kier molecular flexibility index (Phi) is 6.86. The van der Waals surface area contributed by atoms with Crippen molar-refractivity contribution in [2.45, 2.75) is 121 Å². The second kappa shape index (κ2) is 9.24. The largest absolute Gasteiger partial charge is 0.364 e. The van der Waals surface area contributed by atoms with E-state index in [1.54, 1.807) is 0 Å². The van der Waals surface area contributed by atoms with Crippen molar-refractivity contribution in [1.82, 2.24) is 0 Å². The third-order valence-corrected chi connectivity index (χ3v) is 10.6. The third kappa shape index (κ3) is 4.48. The van der Waals surface area contributed by atoms with Crippen molar-refractivity contribution in [3.63, 3.8) is 0 Å². The fraction of sp³-hybridized carbons (Fsp3) is 0.833. The number of carbonyl (C=O) groups excluding carboxylic acids is 1. The molecule has 0 aromatic rings. The second-order valence-electron chi connectivity index (χ2n) is 13.5. The first kappa shape index (κ1) is 27.5. The van der Waals surface area contributed by atoms with Crippen molar-refractivity contribution in [3.05, 3.63) is 23.8 Å². The summed E-state index contributed by atoms with van der Waals surface area (Å²) >= 11 is 0. The van der Waals surface area contributed by atoms with Gasteiger partial charge in [-0.05, 0) is 88.9 Å². The molecule has 6 rings (SSSR count). The standard InChI is InChI=1S/C30H46O7/c1-19-7-9-21(26(2,3)23(19)12-11-22-24(31)18-34-25(22)32)10-8-20-13-14-30(35-17-20)28(6)15-16-29(33,37-30)27(4,5)36-28/h11,20-21,23,25,32-33H,1,7-10,12-18H2,2-6H3/b22-11+/t20-,21+,23+,25-,28+,29+,30+/m1/s1. The molecule has 6 aliphatic rings. The van der Waals surface area contributed by atoms with Crippen molar-refractivity contribution in [3.8, 4) is 0 Å². The van der Waals surface area contributed by atoms with Gasteiger partial charge in [-0.25, -0.2) is 0 Å². The summed E-state index contributed by atoms with van der Waals surface area (Å²) in [7, 11) is 0. The number of fused-ring (bicyclic) bond motifs is 2. The molecule has 7 nitrogen and oxygen atoms in total. The molecular weight excluding hydrogens is 472 g/mol. The molecule has 1 spiro atoms. The first-order valence-electron chi connectivity index (χ1n) is 14.2. The maximum absolute atomic E-state index is 12.0. The number of carbonyl (C=O) groups is 1.